The van der Waals surface area contributed by atoms with Gasteiger partial charge in [0.2, 0.25) is 0 Å². The molecule has 0 aliphatic heterocycles. The monoisotopic (exact) mass is 933 g/mol. The van der Waals surface area contributed by atoms with Gasteiger partial charge in [-0.3, -0.25) is 14.4 Å². The third-order valence-electron chi connectivity index (χ3n) is 13.7. The number of ether oxygens (including phenoxy) is 3. The van der Waals surface area contributed by atoms with Crippen LogP contribution >= 0.6 is 0 Å². The smallest absolute Gasteiger partial charge is 0.306 e. The van der Waals surface area contributed by atoms with Crippen LogP contribution < -0.4 is 0 Å². The number of hydrogen-bond acceptors (Lipinski definition) is 6. The first-order valence-electron chi connectivity index (χ1n) is 29.7. The van der Waals surface area contributed by atoms with Gasteiger partial charge in [-0.1, -0.05) is 298 Å². The third-order valence-corrected chi connectivity index (χ3v) is 13.7. The van der Waals surface area contributed by atoms with E-state index in [2.05, 4.69) is 34.6 Å². The van der Waals surface area contributed by atoms with Crippen molar-refractivity contribution in [2.75, 3.05) is 13.2 Å². The maximum Gasteiger partial charge on any atom is 0.306 e. The fraction of sp³-hybridized carbons (Fsp3) is 0.950. The summed E-state index contributed by atoms with van der Waals surface area (Å²) in [4.78, 5) is 38.2. The van der Waals surface area contributed by atoms with Crippen LogP contribution in [0.1, 0.15) is 336 Å². The summed E-state index contributed by atoms with van der Waals surface area (Å²) in [6.07, 6.45) is 56.7. The largest absolute Gasteiger partial charge is 0.462 e. The molecule has 0 N–H and O–H groups in total. The van der Waals surface area contributed by atoms with Gasteiger partial charge in [-0.15, -0.1) is 0 Å². The fourth-order valence-electron chi connectivity index (χ4n) is 9.23. The molecule has 6 heteroatoms. The predicted octanol–water partition coefficient (Wildman–Crippen LogP) is 19.7. The first kappa shape index (κ1) is 64.4. The molecule has 0 saturated heterocycles. The van der Waals surface area contributed by atoms with Crippen LogP contribution in [0.3, 0.4) is 0 Å². The van der Waals surface area contributed by atoms with Crippen LogP contribution in [0.5, 0.6) is 0 Å². The standard InChI is InChI=1S/C60H116O6/c1-6-7-8-9-10-11-12-13-14-15-16-17-18-21-24-30-35-40-45-50-58(61)64-53-57(66-60(63)52-47-42-37-32-27-26-29-34-39-44-49-56(4)5)54-65-59(62)51-46-41-36-31-25-22-19-20-23-28-33-38-43-48-55(2)3/h55-57H,6-54H2,1-5H3/t57-/m0/s1. The minimum absolute atomic E-state index is 0.0628. The van der Waals surface area contributed by atoms with Crippen LogP contribution in [0.4, 0.5) is 0 Å². The normalized spacial score (nSPS) is 12.0. The molecule has 0 aliphatic carbocycles. The third kappa shape index (κ3) is 53.4. The van der Waals surface area contributed by atoms with Gasteiger partial charge in [-0.25, -0.2) is 0 Å². The van der Waals surface area contributed by atoms with Crippen molar-refractivity contribution in [3.8, 4) is 0 Å². The highest BCUT2D eigenvalue weighted by atomic mass is 16.6. The Morgan fingerprint density at radius 2 is 0.500 bits per heavy atom. The van der Waals surface area contributed by atoms with Crippen molar-refractivity contribution >= 4 is 17.9 Å². The molecule has 0 radical (unpaired) electrons. The number of esters is 3. The van der Waals surface area contributed by atoms with Crippen LogP contribution in [0, 0.1) is 11.8 Å². The molecule has 6 nitrogen and oxygen atoms in total. The summed E-state index contributed by atoms with van der Waals surface area (Å²) < 4.78 is 16.9. The van der Waals surface area contributed by atoms with E-state index in [-0.39, 0.29) is 31.1 Å². The van der Waals surface area contributed by atoms with E-state index in [0.717, 1.165) is 69.6 Å². The van der Waals surface area contributed by atoms with Gasteiger partial charge >= 0.3 is 17.9 Å². The van der Waals surface area contributed by atoms with Crippen LogP contribution in [-0.2, 0) is 28.6 Å². The zero-order valence-electron chi connectivity index (χ0n) is 45.3. The molecule has 0 aromatic heterocycles. The van der Waals surface area contributed by atoms with Crippen LogP contribution in [0.15, 0.2) is 0 Å². The molecule has 0 aliphatic rings. The summed E-state index contributed by atoms with van der Waals surface area (Å²) in [5.41, 5.74) is 0. The number of hydrogen-bond donors (Lipinski definition) is 0. The molecule has 0 heterocycles. The highest BCUT2D eigenvalue weighted by molar-refractivity contribution is 5.71. The van der Waals surface area contributed by atoms with Gasteiger partial charge < -0.3 is 14.2 Å². The van der Waals surface area contributed by atoms with E-state index in [4.69, 9.17) is 14.2 Å². The van der Waals surface area contributed by atoms with Crippen LogP contribution in [-0.4, -0.2) is 37.2 Å². The second-order valence-corrected chi connectivity index (χ2v) is 21.6. The zero-order chi connectivity index (χ0) is 48.2. The number of carbonyl (C=O) groups is 3. The van der Waals surface area contributed by atoms with Crippen LogP contribution in [0.2, 0.25) is 0 Å². The summed E-state index contributed by atoms with van der Waals surface area (Å²) >= 11 is 0. The van der Waals surface area contributed by atoms with E-state index in [1.807, 2.05) is 0 Å². The minimum Gasteiger partial charge on any atom is -0.462 e. The lowest BCUT2D eigenvalue weighted by Crippen LogP contribution is -2.30. The molecule has 0 saturated carbocycles. The Morgan fingerprint density at radius 3 is 0.742 bits per heavy atom. The lowest BCUT2D eigenvalue weighted by atomic mass is 10.0. The summed E-state index contributed by atoms with van der Waals surface area (Å²) in [6, 6.07) is 0. The van der Waals surface area contributed by atoms with Crippen molar-refractivity contribution in [2.45, 2.75) is 343 Å². The summed E-state index contributed by atoms with van der Waals surface area (Å²) in [5, 5.41) is 0. The van der Waals surface area contributed by atoms with E-state index < -0.39 is 6.10 Å². The van der Waals surface area contributed by atoms with Gasteiger partial charge in [0.15, 0.2) is 6.10 Å². The Morgan fingerprint density at radius 1 is 0.288 bits per heavy atom. The number of rotatable bonds is 54. The predicted molar refractivity (Wildman–Crippen MR) is 284 cm³/mol. The summed E-state index contributed by atoms with van der Waals surface area (Å²) in [6.45, 7) is 11.4. The van der Waals surface area contributed by atoms with Crippen molar-refractivity contribution in [3.05, 3.63) is 0 Å². The second-order valence-electron chi connectivity index (χ2n) is 21.6. The highest BCUT2D eigenvalue weighted by Crippen LogP contribution is 2.18. The minimum atomic E-state index is -0.763. The van der Waals surface area contributed by atoms with Gasteiger partial charge in [-0.05, 0) is 31.1 Å². The average molecular weight is 934 g/mol. The van der Waals surface area contributed by atoms with Gasteiger partial charge in [-0.2, -0.15) is 0 Å². The Kier molecular flexibility index (Phi) is 51.5. The van der Waals surface area contributed by atoms with E-state index in [9.17, 15) is 14.4 Å². The van der Waals surface area contributed by atoms with Crippen molar-refractivity contribution in [3.63, 3.8) is 0 Å². The molecule has 392 valence electrons. The molecular formula is C60H116O6. The molecule has 0 unspecified atom stereocenters. The first-order chi connectivity index (χ1) is 32.2. The van der Waals surface area contributed by atoms with Crippen molar-refractivity contribution in [1.29, 1.82) is 0 Å². The molecule has 0 rings (SSSR count). The topological polar surface area (TPSA) is 78.9 Å². The molecular weight excluding hydrogens is 817 g/mol. The van der Waals surface area contributed by atoms with E-state index in [0.29, 0.717) is 19.3 Å². The molecule has 1 atom stereocenters. The number of unbranched alkanes of at least 4 members (excludes halogenated alkanes) is 39. The molecule has 66 heavy (non-hydrogen) atoms. The Hall–Kier alpha value is -1.59. The molecule has 0 bridgehead atoms. The summed E-state index contributed by atoms with van der Waals surface area (Å²) in [7, 11) is 0. The lowest BCUT2D eigenvalue weighted by Gasteiger charge is -2.18. The highest BCUT2D eigenvalue weighted by Gasteiger charge is 2.19. The van der Waals surface area contributed by atoms with E-state index in [1.54, 1.807) is 0 Å². The zero-order valence-corrected chi connectivity index (χ0v) is 45.3. The molecule has 0 aromatic rings. The fourth-order valence-corrected chi connectivity index (χ4v) is 9.23. The number of carbonyl (C=O) groups excluding carboxylic acids is 3. The van der Waals surface area contributed by atoms with Crippen molar-refractivity contribution in [2.24, 2.45) is 11.8 Å². The van der Waals surface area contributed by atoms with E-state index in [1.165, 1.54) is 225 Å². The lowest BCUT2D eigenvalue weighted by molar-refractivity contribution is -0.167. The van der Waals surface area contributed by atoms with Crippen molar-refractivity contribution < 1.29 is 28.6 Å². The van der Waals surface area contributed by atoms with Gasteiger partial charge in [0, 0.05) is 19.3 Å². The molecule has 0 aromatic carbocycles. The van der Waals surface area contributed by atoms with Gasteiger partial charge in [0.05, 0.1) is 0 Å². The van der Waals surface area contributed by atoms with Gasteiger partial charge in [0.1, 0.15) is 13.2 Å². The second kappa shape index (κ2) is 52.8. The van der Waals surface area contributed by atoms with Crippen LogP contribution in [0.25, 0.3) is 0 Å². The SMILES string of the molecule is CCCCCCCCCCCCCCCCCCCCCC(=O)OC[C@@H](COC(=O)CCCCCCCCCCCCCCCC(C)C)OC(=O)CCCCCCCCCCCCC(C)C. The molecule has 0 fully saturated rings. The average Bonchev–Trinajstić information content (AvgIpc) is 3.29. The maximum atomic E-state index is 12.8. The van der Waals surface area contributed by atoms with E-state index >= 15 is 0 Å². The Balaban J connectivity index is 4.26. The maximum absolute atomic E-state index is 12.8. The summed E-state index contributed by atoms with van der Waals surface area (Å²) in [5.74, 6) is 0.817. The Labute approximate surface area is 412 Å². The quantitative estimate of drug-likeness (QED) is 0.0343. The molecule has 0 spiro atoms. The van der Waals surface area contributed by atoms with Crippen molar-refractivity contribution in [1.82, 2.24) is 0 Å². The van der Waals surface area contributed by atoms with Gasteiger partial charge in [0.25, 0.3) is 0 Å². The first-order valence-corrected chi connectivity index (χ1v) is 29.7. The Bertz CT molecular complexity index is 1010. The molecule has 0 amide bonds.